The predicted octanol–water partition coefficient (Wildman–Crippen LogP) is 3.74. The number of rotatable bonds is 11. The lowest BCUT2D eigenvalue weighted by atomic mass is 10.1. The summed E-state index contributed by atoms with van der Waals surface area (Å²) in [5.74, 6) is -1.06. The third-order valence-electron chi connectivity index (χ3n) is 5.47. The molecule has 0 bridgehead atoms. The summed E-state index contributed by atoms with van der Waals surface area (Å²) >= 11 is 6.00. The summed E-state index contributed by atoms with van der Waals surface area (Å²) in [7, 11) is -2.83. The molecule has 2 aromatic rings. The number of nitrogens with one attached hydrogen (secondary N) is 1. The second-order valence-electron chi connectivity index (χ2n) is 9.69. The summed E-state index contributed by atoms with van der Waals surface area (Å²) in [6.07, 6.45) is 1.13. The molecule has 2 rings (SSSR count). The van der Waals surface area contributed by atoms with E-state index in [0.29, 0.717) is 10.6 Å². The number of ether oxygens (including phenoxy) is 1. The third kappa shape index (κ3) is 8.32. The first kappa shape index (κ1) is 30.8. The van der Waals surface area contributed by atoms with Crippen molar-refractivity contribution < 1.29 is 27.7 Å². The van der Waals surface area contributed by atoms with Crippen LogP contribution in [0.2, 0.25) is 5.02 Å². The Bertz CT molecular complexity index is 1280. The summed E-state index contributed by atoms with van der Waals surface area (Å²) in [5.41, 5.74) is -0.454. The van der Waals surface area contributed by atoms with Crippen LogP contribution in [0, 0.1) is 10.1 Å². The molecule has 0 fully saturated rings. The number of anilines is 1. The van der Waals surface area contributed by atoms with Crippen molar-refractivity contribution in [2.24, 2.45) is 0 Å². The zero-order valence-corrected chi connectivity index (χ0v) is 23.8. The van der Waals surface area contributed by atoms with E-state index in [9.17, 15) is 28.1 Å². The summed E-state index contributed by atoms with van der Waals surface area (Å²) in [5, 5.41) is 14.7. The number of nitro benzene ring substituents is 1. The summed E-state index contributed by atoms with van der Waals surface area (Å²) < 4.78 is 31.6. The fourth-order valence-corrected chi connectivity index (χ4v) is 4.71. The quantitative estimate of drug-likeness (QED) is 0.322. The Morgan fingerprint density at radius 1 is 1.16 bits per heavy atom. The zero-order chi connectivity index (χ0) is 28.8. The summed E-state index contributed by atoms with van der Waals surface area (Å²) in [4.78, 5) is 39.0. The van der Waals surface area contributed by atoms with Crippen molar-refractivity contribution in [3.63, 3.8) is 0 Å². The van der Waals surface area contributed by atoms with Crippen LogP contribution < -0.4 is 14.4 Å². The van der Waals surface area contributed by atoms with Crippen LogP contribution in [-0.2, 0) is 26.2 Å². The van der Waals surface area contributed by atoms with Gasteiger partial charge < -0.3 is 15.0 Å². The number of hydrogen-bond acceptors (Lipinski definition) is 7. The molecular weight excluding hydrogens is 536 g/mol. The first-order valence-electron chi connectivity index (χ1n) is 11.7. The molecule has 208 valence electrons. The predicted molar refractivity (Wildman–Crippen MR) is 146 cm³/mol. The maximum absolute atomic E-state index is 13.8. The van der Waals surface area contributed by atoms with Crippen LogP contribution in [0.15, 0.2) is 42.5 Å². The standard InChI is InChI=1S/C25H33ClN4O7S/c1-7-20(24(32)27-25(2,3)4)28(15-17-8-10-18(26)11-9-17)23(31)16-29(38(6,35)36)21-14-19(30(33)34)12-13-22(21)37-5/h8-14,20H,7,15-16H2,1-6H3,(H,27,32)/t20-/m1/s1. The first-order valence-corrected chi connectivity index (χ1v) is 14.0. The normalized spacial score (nSPS) is 12.4. The van der Waals surface area contributed by atoms with Crippen LogP contribution in [0.1, 0.15) is 39.7 Å². The van der Waals surface area contributed by atoms with Crippen molar-refractivity contribution >= 4 is 44.8 Å². The van der Waals surface area contributed by atoms with Gasteiger partial charge in [0.15, 0.2) is 0 Å². The van der Waals surface area contributed by atoms with Crippen molar-refractivity contribution in [1.82, 2.24) is 10.2 Å². The molecule has 2 aromatic carbocycles. The number of non-ortho nitro benzene ring substituents is 1. The van der Waals surface area contributed by atoms with E-state index in [2.05, 4.69) is 5.32 Å². The highest BCUT2D eigenvalue weighted by atomic mass is 35.5. The maximum atomic E-state index is 13.8. The topological polar surface area (TPSA) is 139 Å². The van der Waals surface area contributed by atoms with Gasteiger partial charge in [-0.15, -0.1) is 0 Å². The van der Waals surface area contributed by atoms with E-state index in [1.807, 2.05) is 20.8 Å². The van der Waals surface area contributed by atoms with E-state index in [1.165, 1.54) is 24.1 Å². The van der Waals surface area contributed by atoms with E-state index in [4.69, 9.17) is 16.3 Å². The number of hydrogen-bond donors (Lipinski definition) is 1. The molecule has 0 unspecified atom stereocenters. The number of carbonyl (C=O) groups is 2. The minimum atomic E-state index is -4.12. The van der Waals surface area contributed by atoms with Gasteiger partial charge >= 0.3 is 0 Å². The highest BCUT2D eigenvalue weighted by Gasteiger charge is 2.34. The number of methoxy groups -OCH3 is 1. The van der Waals surface area contributed by atoms with Gasteiger partial charge in [-0.25, -0.2) is 8.42 Å². The SMILES string of the molecule is CC[C@H](C(=O)NC(C)(C)C)N(Cc1ccc(Cl)cc1)C(=O)CN(c1cc([N+](=O)[O-])ccc1OC)S(C)(=O)=O. The van der Waals surface area contributed by atoms with Gasteiger partial charge in [-0.05, 0) is 51.0 Å². The fraction of sp³-hybridized carbons (Fsp3) is 0.440. The summed E-state index contributed by atoms with van der Waals surface area (Å²) in [6, 6.07) is 9.23. The van der Waals surface area contributed by atoms with E-state index in [0.717, 1.165) is 16.6 Å². The molecule has 0 radical (unpaired) electrons. The second-order valence-corrected chi connectivity index (χ2v) is 12.0. The van der Waals surface area contributed by atoms with Gasteiger partial charge in [-0.1, -0.05) is 30.7 Å². The van der Waals surface area contributed by atoms with Gasteiger partial charge in [0.1, 0.15) is 24.0 Å². The molecular formula is C25H33ClN4O7S. The Hall–Kier alpha value is -3.38. The molecule has 1 atom stereocenters. The van der Waals surface area contributed by atoms with Gasteiger partial charge in [-0.3, -0.25) is 24.0 Å². The minimum Gasteiger partial charge on any atom is -0.495 e. The molecule has 0 spiro atoms. The van der Waals surface area contributed by atoms with Crippen LogP contribution in [-0.4, -0.2) is 61.5 Å². The van der Waals surface area contributed by atoms with Gasteiger partial charge in [0.25, 0.3) is 5.69 Å². The molecule has 0 aliphatic carbocycles. The molecule has 0 aliphatic heterocycles. The first-order chi connectivity index (χ1) is 17.6. The number of carbonyl (C=O) groups excluding carboxylic acids is 2. The number of amides is 2. The van der Waals surface area contributed by atoms with E-state index in [-0.39, 0.29) is 30.1 Å². The smallest absolute Gasteiger partial charge is 0.271 e. The van der Waals surface area contributed by atoms with Crippen LogP contribution in [0.4, 0.5) is 11.4 Å². The van der Waals surface area contributed by atoms with E-state index >= 15 is 0 Å². The lowest BCUT2D eigenvalue weighted by molar-refractivity contribution is -0.384. The van der Waals surface area contributed by atoms with Crippen LogP contribution in [0.3, 0.4) is 0 Å². The van der Waals surface area contributed by atoms with Crippen molar-refractivity contribution in [2.45, 2.75) is 52.2 Å². The van der Waals surface area contributed by atoms with Crippen molar-refractivity contribution in [3.8, 4) is 5.75 Å². The number of sulfonamides is 1. The van der Waals surface area contributed by atoms with Gasteiger partial charge in [0.2, 0.25) is 21.8 Å². The molecule has 2 amide bonds. The molecule has 38 heavy (non-hydrogen) atoms. The fourth-order valence-electron chi connectivity index (χ4n) is 3.74. The lowest BCUT2D eigenvalue weighted by Crippen LogP contribution is -2.55. The van der Waals surface area contributed by atoms with Crippen LogP contribution >= 0.6 is 11.6 Å². The minimum absolute atomic E-state index is 0.00422. The molecule has 0 aromatic heterocycles. The Labute approximate surface area is 227 Å². The molecule has 0 saturated heterocycles. The van der Waals surface area contributed by atoms with E-state index < -0.39 is 44.9 Å². The third-order valence-corrected chi connectivity index (χ3v) is 6.85. The Morgan fingerprint density at radius 2 is 1.76 bits per heavy atom. The number of benzene rings is 2. The largest absolute Gasteiger partial charge is 0.495 e. The average molecular weight is 569 g/mol. The summed E-state index contributed by atoms with van der Waals surface area (Å²) in [6.45, 7) is 6.45. The van der Waals surface area contributed by atoms with Crippen LogP contribution in [0.5, 0.6) is 5.75 Å². The molecule has 0 heterocycles. The Balaban J connectivity index is 2.57. The molecule has 11 nitrogen and oxygen atoms in total. The Kier molecular flexibility index (Phi) is 10.1. The van der Waals surface area contributed by atoms with Gasteiger partial charge in [-0.2, -0.15) is 0 Å². The van der Waals surface area contributed by atoms with Crippen molar-refractivity contribution in [1.29, 1.82) is 0 Å². The zero-order valence-electron chi connectivity index (χ0n) is 22.2. The molecule has 1 N–H and O–H groups in total. The highest BCUT2D eigenvalue weighted by Crippen LogP contribution is 2.34. The van der Waals surface area contributed by atoms with E-state index in [1.54, 1.807) is 31.2 Å². The lowest BCUT2D eigenvalue weighted by Gasteiger charge is -2.34. The van der Waals surface area contributed by atoms with Gasteiger partial charge in [0, 0.05) is 29.2 Å². The number of nitro groups is 1. The Morgan fingerprint density at radius 3 is 2.24 bits per heavy atom. The molecule has 13 heteroatoms. The number of halogens is 1. The van der Waals surface area contributed by atoms with Crippen molar-refractivity contribution in [3.05, 3.63) is 63.2 Å². The second kappa shape index (κ2) is 12.4. The van der Waals surface area contributed by atoms with Crippen LogP contribution in [0.25, 0.3) is 0 Å². The van der Waals surface area contributed by atoms with Crippen molar-refractivity contribution in [2.75, 3.05) is 24.2 Å². The highest BCUT2D eigenvalue weighted by molar-refractivity contribution is 7.92. The molecule has 0 aliphatic rings. The van der Waals surface area contributed by atoms with Gasteiger partial charge in [0.05, 0.1) is 18.3 Å². The monoisotopic (exact) mass is 568 g/mol. The number of nitrogens with zero attached hydrogens (tertiary/aromatic N) is 3. The maximum Gasteiger partial charge on any atom is 0.271 e. The average Bonchev–Trinajstić information content (AvgIpc) is 2.81. The molecule has 0 saturated carbocycles.